The summed E-state index contributed by atoms with van der Waals surface area (Å²) < 4.78 is 22.8. The number of carbonyl (C=O) groups is 1. The Labute approximate surface area is 156 Å². The lowest BCUT2D eigenvalue weighted by molar-refractivity contribution is -0.250. The van der Waals surface area contributed by atoms with Gasteiger partial charge < -0.3 is 18.6 Å². The largest absolute Gasteiger partial charge is 0.467 e. The monoisotopic (exact) mass is 388 g/mol. The summed E-state index contributed by atoms with van der Waals surface area (Å²) in [6.07, 6.45) is -1.09. The van der Waals surface area contributed by atoms with Gasteiger partial charge in [0.25, 0.3) is 0 Å². The van der Waals surface area contributed by atoms with Gasteiger partial charge in [0.15, 0.2) is 8.32 Å². The molecule has 0 aliphatic carbocycles. The summed E-state index contributed by atoms with van der Waals surface area (Å²) in [6, 6.07) is 7.00. The number of hydrogen-bond donors (Lipinski definition) is 0. The number of esters is 1. The number of ether oxygens (including phenoxy) is 3. The maximum atomic E-state index is 12.4. The van der Waals surface area contributed by atoms with Gasteiger partial charge in [-0.25, -0.2) is 4.79 Å². The molecule has 2 atom stereocenters. The average molecular weight is 389 g/mol. The number of benzene rings is 1. The highest BCUT2D eigenvalue weighted by atomic mass is 35.5. The average Bonchev–Trinajstić information content (AvgIpc) is 2.53. The van der Waals surface area contributed by atoms with E-state index in [0.717, 1.165) is 0 Å². The van der Waals surface area contributed by atoms with Crippen molar-refractivity contribution in [2.75, 3.05) is 21.3 Å². The molecule has 0 saturated carbocycles. The zero-order valence-electron chi connectivity index (χ0n) is 16.3. The molecular weight excluding hydrogens is 360 g/mol. The highest BCUT2D eigenvalue weighted by Crippen LogP contribution is 2.44. The molecule has 25 heavy (non-hydrogen) atoms. The van der Waals surface area contributed by atoms with Gasteiger partial charge in [0.2, 0.25) is 11.9 Å². The molecule has 0 spiro atoms. The van der Waals surface area contributed by atoms with Crippen LogP contribution >= 0.6 is 11.6 Å². The van der Waals surface area contributed by atoms with Gasteiger partial charge in [0.05, 0.1) is 7.11 Å². The summed E-state index contributed by atoms with van der Waals surface area (Å²) in [6.45, 7) is 10.5. The van der Waals surface area contributed by atoms with E-state index in [0.29, 0.717) is 10.6 Å². The van der Waals surface area contributed by atoms with E-state index >= 15 is 0 Å². The Morgan fingerprint density at radius 3 is 1.96 bits per heavy atom. The Morgan fingerprint density at radius 2 is 1.60 bits per heavy atom. The molecule has 0 saturated heterocycles. The number of hydrogen-bond acceptors (Lipinski definition) is 5. The number of halogens is 1. The molecule has 7 heteroatoms. The van der Waals surface area contributed by atoms with Crippen LogP contribution in [0.5, 0.6) is 0 Å². The van der Waals surface area contributed by atoms with Crippen LogP contribution in [-0.4, -0.2) is 41.7 Å². The number of rotatable bonds is 7. The minimum absolute atomic E-state index is 0.0996. The van der Waals surface area contributed by atoms with Crippen LogP contribution in [0.3, 0.4) is 0 Å². The van der Waals surface area contributed by atoms with Gasteiger partial charge in [0, 0.05) is 24.8 Å². The van der Waals surface area contributed by atoms with E-state index in [2.05, 4.69) is 33.9 Å². The molecule has 0 heterocycles. The first-order chi connectivity index (χ1) is 11.4. The molecule has 142 valence electrons. The van der Waals surface area contributed by atoms with E-state index < -0.39 is 26.2 Å². The molecule has 0 aliphatic heterocycles. The molecule has 0 N–H and O–H groups in total. The van der Waals surface area contributed by atoms with E-state index in [1.807, 2.05) is 0 Å². The molecule has 1 aromatic rings. The van der Waals surface area contributed by atoms with Crippen LogP contribution in [0, 0.1) is 0 Å². The summed E-state index contributed by atoms with van der Waals surface area (Å²) in [7, 11) is 1.89. The molecule has 5 nitrogen and oxygen atoms in total. The van der Waals surface area contributed by atoms with Crippen LogP contribution < -0.4 is 0 Å². The number of methoxy groups -OCH3 is 3. The van der Waals surface area contributed by atoms with Crippen LogP contribution in [-0.2, 0) is 29.2 Å². The topological polar surface area (TPSA) is 54.0 Å². The van der Waals surface area contributed by atoms with E-state index in [9.17, 15) is 4.79 Å². The zero-order chi connectivity index (χ0) is 19.5. The molecule has 0 radical (unpaired) electrons. The standard InChI is InChI=1S/C18H29ClO5Si/c1-17(2,3)25(7,8)24-18(23-6,15(21-4)16(20)22-5)13-9-11-14(19)12-10-13/h9-12,15H,1-8H3. The second kappa shape index (κ2) is 8.18. The molecular formula is C18H29ClO5Si. The van der Waals surface area contributed by atoms with Crippen molar-refractivity contribution in [1.29, 1.82) is 0 Å². The van der Waals surface area contributed by atoms with Crippen LogP contribution in [0.15, 0.2) is 24.3 Å². The van der Waals surface area contributed by atoms with Crippen LogP contribution in [0.4, 0.5) is 0 Å². The molecule has 0 aromatic heterocycles. The Kier molecular flexibility index (Phi) is 7.24. The molecule has 0 amide bonds. The maximum Gasteiger partial charge on any atom is 0.341 e. The fraction of sp³-hybridized carbons (Fsp3) is 0.611. The quantitative estimate of drug-likeness (QED) is 0.395. The summed E-state index contributed by atoms with van der Waals surface area (Å²) >= 11 is 6.02. The van der Waals surface area contributed by atoms with E-state index in [4.69, 9.17) is 30.2 Å². The predicted octanol–water partition coefficient (Wildman–Crippen LogP) is 4.35. The SMILES string of the molecule is COC(=O)C(OC)C(OC)(O[Si](C)(C)C(C)(C)C)c1ccc(Cl)cc1. The van der Waals surface area contributed by atoms with Crippen molar-refractivity contribution in [3.63, 3.8) is 0 Å². The van der Waals surface area contributed by atoms with Crippen molar-refractivity contribution < 1.29 is 23.4 Å². The Balaban J connectivity index is 3.58. The fourth-order valence-electron chi connectivity index (χ4n) is 2.26. The second-order valence-corrected chi connectivity index (χ2v) is 12.5. The zero-order valence-corrected chi connectivity index (χ0v) is 18.1. The van der Waals surface area contributed by atoms with Crippen LogP contribution in [0.2, 0.25) is 23.2 Å². The van der Waals surface area contributed by atoms with Crippen molar-refractivity contribution in [2.24, 2.45) is 0 Å². The third-order valence-corrected chi connectivity index (χ3v) is 9.44. The van der Waals surface area contributed by atoms with Crippen molar-refractivity contribution in [3.8, 4) is 0 Å². The first kappa shape index (κ1) is 22.1. The van der Waals surface area contributed by atoms with Crippen molar-refractivity contribution >= 4 is 25.9 Å². The summed E-state index contributed by atoms with van der Waals surface area (Å²) in [5.41, 5.74) is 0.640. The lowest BCUT2D eigenvalue weighted by Crippen LogP contribution is -2.57. The van der Waals surface area contributed by atoms with Gasteiger partial charge in [-0.05, 0) is 30.3 Å². The van der Waals surface area contributed by atoms with Gasteiger partial charge in [-0.15, -0.1) is 0 Å². The van der Waals surface area contributed by atoms with Crippen molar-refractivity contribution in [1.82, 2.24) is 0 Å². The van der Waals surface area contributed by atoms with Gasteiger partial charge in [-0.3, -0.25) is 0 Å². The van der Waals surface area contributed by atoms with E-state index in [1.54, 1.807) is 24.3 Å². The predicted molar refractivity (Wildman–Crippen MR) is 101 cm³/mol. The smallest absolute Gasteiger partial charge is 0.341 e. The normalized spacial score (nSPS) is 16.2. The molecule has 0 fully saturated rings. The summed E-state index contributed by atoms with van der Waals surface area (Å²) in [5, 5.41) is 0.477. The molecule has 0 aliphatic rings. The molecule has 2 unspecified atom stereocenters. The van der Waals surface area contributed by atoms with Crippen molar-refractivity contribution in [2.45, 2.75) is 50.8 Å². The van der Waals surface area contributed by atoms with Crippen LogP contribution in [0.1, 0.15) is 26.3 Å². The van der Waals surface area contributed by atoms with Gasteiger partial charge in [-0.2, -0.15) is 0 Å². The highest BCUT2D eigenvalue weighted by molar-refractivity contribution is 6.74. The summed E-state index contributed by atoms with van der Waals surface area (Å²) in [5.74, 6) is -2.01. The molecule has 1 aromatic carbocycles. The third kappa shape index (κ3) is 4.63. The minimum Gasteiger partial charge on any atom is -0.467 e. The molecule has 1 rings (SSSR count). The summed E-state index contributed by atoms with van der Waals surface area (Å²) in [4.78, 5) is 12.4. The van der Waals surface area contributed by atoms with Gasteiger partial charge in [0.1, 0.15) is 0 Å². The lowest BCUT2D eigenvalue weighted by atomic mass is 10.00. The van der Waals surface area contributed by atoms with Crippen LogP contribution in [0.25, 0.3) is 0 Å². The number of carbonyl (C=O) groups excluding carboxylic acids is 1. The second-order valence-electron chi connectivity index (χ2n) is 7.38. The first-order valence-electron chi connectivity index (χ1n) is 8.07. The highest BCUT2D eigenvalue weighted by Gasteiger charge is 2.53. The Hall–Kier alpha value is -0.923. The minimum atomic E-state index is -2.34. The van der Waals surface area contributed by atoms with E-state index in [1.165, 1.54) is 21.3 Å². The lowest BCUT2D eigenvalue weighted by Gasteiger charge is -2.46. The first-order valence-corrected chi connectivity index (χ1v) is 11.4. The van der Waals surface area contributed by atoms with E-state index in [-0.39, 0.29) is 5.04 Å². The molecule has 0 bridgehead atoms. The maximum absolute atomic E-state index is 12.4. The Morgan fingerprint density at radius 1 is 1.08 bits per heavy atom. The van der Waals surface area contributed by atoms with Crippen molar-refractivity contribution in [3.05, 3.63) is 34.9 Å². The van der Waals surface area contributed by atoms with Gasteiger partial charge in [-0.1, -0.05) is 44.5 Å². The Bertz CT molecular complexity index is 582. The fourth-order valence-corrected chi connectivity index (χ4v) is 3.76. The third-order valence-electron chi connectivity index (χ3n) is 4.76. The van der Waals surface area contributed by atoms with Gasteiger partial charge >= 0.3 is 5.97 Å².